The SMILES string of the molecule is COc1cc(OC)cc([C@@]2(OC(=O)O)C=CC=C[C@H]2C(C)C)c1. The molecule has 5 heteroatoms. The van der Waals surface area contributed by atoms with Gasteiger partial charge < -0.3 is 19.3 Å². The number of benzene rings is 1. The molecule has 124 valence electrons. The Bertz CT molecular complexity index is 610. The van der Waals surface area contributed by atoms with E-state index in [1.165, 1.54) is 0 Å². The second-order valence-corrected chi connectivity index (χ2v) is 5.78. The van der Waals surface area contributed by atoms with Gasteiger partial charge in [0.1, 0.15) is 11.5 Å². The second kappa shape index (κ2) is 6.77. The summed E-state index contributed by atoms with van der Waals surface area (Å²) in [6.45, 7) is 4.07. The molecule has 2 atom stereocenters. The molecule has 0 radical (unpaired) electrons. The third-order valence-corrected chi connectivity index (χ3v) is 4.05. The Kier molecular flexibility index (Phi) is 4.98. The zero-order chi connectivity index (χ0) is 17.0. The van der Waals surface area contributed by atoms with Crippen LogP contribution < -0.4 is 9.47 Å². The number of carboxylic acid groups (broad SMARTS) is 1. The normalized spacial score (nSPS) is 22.9. The molecule has 0 saturated heterocycles. The molecule has 0 unspecified atom stereocenters. The predicted molar refractivity (Wildman–Crippen MR) is 86.9 cm³/mol. The Morgan fingerprint density at radius 1 is 1.13 bits per heavy atom. The average molecular weight is 318 g/mol. The highest BCUT2D eigenvalue weighted by atomic mass is 16.7. The van der Waals surface area contributed by atoms with E-state index in [-0.39, 0.29) is 11.8 Å². The van der Waals surface area contributed by atoms with Gasteiger partial charge in [0.05, 0.1) is 14.2 Å². The molecule has 1 aliphatic carbocycles. The van der Waals surface area contributed by atoms with Crippen LogP contribution in [0, 0.1) is 11.8 Å². The van der Waals surface area contributed by atoms with Gasteiger partial charge in [-0.2, -0.15) is 0 Å². The molecule has 23 heavy (non-hydrogen) atoms. The molecule has 5 nitrogen and oxygen atoms in total. The van der Waals surface area contributed by atoms with E-state index in [9.17, 15) is 9.90 Å². The van der Waals surface area contributed by atoms with Crippen LogP contribution in [0.2, 0.25) is 0 Å². The average Bonchev–Trinajstić information content (AvgIpc) is 2.53. The summed E-state index contributed by atoms with van der Waals surface area (Å²) in [5.41, 5.74) is -0.438. The van der Waals surface area contributed by atoms with Crippen molar-refractivity contribution in [2.45, 2.75) is 19.4 Å². The number of rotatable bonds is 5. The quantitative estimate of drug-likeness (QED) is 0.832. The maximum atomic E-state index is 11.4. The van der Waals surface area contributed by atoms with Gasteiger partial charge in [-0.3, -0.25) is 0 Å². The van der Waals surface area contributed by atoms with Gasteiger partial charge in [-0.05, 0) is 24.1 Å². The zero-order valence-electron chi connectivity index (χ0n) is 13.8. The topological polar surface area (TPSA) is 65.0 Å². The molecular weight excluding hydrogens is 296 g/mol. The number of methoxy groups -OCH3 is 2. The van der Waals surface area contributed by atoms with Crippen molar-refractivity contribution in [1.29, 1.82) is 0 Å². The molecule has 1 aliphatic rings. The second-order valence-electron chi connectivity index (χ2n) is 5.78. The van der Waals surface area contributed by atoms with Crippen molar-refractivity contribution >= 4 is 6.16 Å². The molecule has 0 fully saturated rings. The summed E-state index contributed by atoms with van der Waals surface area (Å²) < 4.78 is 16.0. The van der Waals surface area contributed by atoms with Crippen molar-refractivity contribution in [3.63, 3.8) is 0 Å². The highest BCUT2D eigenvalue weighted by molar-refractivity contribution is 5.60. The summed E-state index contributed by atoms with van der Waals surface area (Å²) in [6, 6.07) is 5.30. The maximum absolute atomic E-state index is 11.4. The Morgan fingerprint density at radius 2 is 1.74 bits per heavy atom. The summed E-state index contributed by atoms with van der Waals surface area (Å²) in [4.78, 5) is 11.4. The Morgan fingerprint density at radius 3 is 2.22 bits per heavy atom. The molecule has 0 aliphatic heterocycles. The van der Waals surface area contributed by atoms with Crippen LogP contribution in [0.4, 0.5) is 4.79 Å². The first kappa shape index (κ1) is 16.9. The van der Waals surface area contributed by atoms with Gasteiger partial charge in [0.15, 0.2) is 5.60 Å². The van der Waals surface area contributed by atoms with Crippen molar-refractivity contribution in [3.05, 3.63) is 48.1 Å². The summed E-state index contributed by atoms with van der Waals surface area (Å²) in [7, 11) is 3.11. The number of hydrogen-bond donors (Lipinski definition) is 1. The van der Waals surface area contributed by atoms with Crippen LogP contribution in [-0.4, -0.2) is 25.5 Å². The van der Waals surface area contributed by atoms with E-state index < -0.39 is 11.8 Å². The molecule has 2 rings (SSSR count). The highest BCUT2D eigenvalue weighted by Crippen LogP contribution is 2.44. The number of hydrogen-bond acceptors (Lipinski definition) is 4. The lowest BCUT2D eigenvalue weighted by Gasteiger charge is -2.39. The van der Waals surface area contributed by atoms with E-state index in [2.05, 4.69) is 0 Å². The van der Waals surface area contributed by atoms with Crippen LogP contribution in [0.3, 0.4) is 0 Å². The summed E-state index contributed by atoms with van der Waals surface area (Å²) >= 11 is 0. The minimum absolute atomic E-state index is 0.139. The minimum Gasteiger partial charge on any atom is -0.497 e. The molecule has 1 aromatic rings. The first-order chi connectivity index (χ1) is 10.9. The fourth-order valence-electron chi connectivity index (χ4n) is 2.98. The monoisotopic (exact) mass is 318 g/mol. The van der Waals surface area contributed by atoms with E-state index in [1.54, 1.807) is 44.6 Å². The van der Waals surface area contributed by atoms with Crippen molar-refractivity contribution in [1.82, 2.24) is 0 Å². The molecule has 0 saturated carbocycles. The molecule has 1 aromatic carbocycles. The molecule has 0 amide bonds. The van der Waals surface area contributed by atoms with Gasteiger partial charge in [0, 0.05) is 17.5 Å². The van der Waals surface area contributed by atoms with Crippen LogP contribution >= 0.6 is 0 Å². The molecule has 1 N–H and O–H groups in total. The van der Waals surface area contributed by atoms with Crippen molar-refractivity contribution in [2.75, 3.05) is 14.2 Å². The highest BCUT2D eigenvalue weighted by Gasteiger charge is 2.44. The fraction of sp³-hybridized carbons (Fsp3) is 0.389. The molecule has 0 bridgehead atoms. The predicted octanol–water partition coefficient (Wildman–Crippen LogP) is 3.99. The standard InChI is InChI=1S/C18H22O5/c1-12(2)16-7-5-6-8-18(16,23-17(19)20)13-9-14(21-3)11-15(10-13)22-4/h5-12,16H,1-4H3,(H,19,20)/t16-,18-/m0/s1. The largest absolute Gasteiger partial charge is 0.507 e. The molecule has 0 spiro atoms. The van der Waals surface area contributed by atoms with E-state index >= 15 is 0 Å². The van der Waals surface area contributed by atoms with Gasteiger partial charge in [-0.25, -0.2) is 4.79 Å². The van der Waals surface area contributed by atoms with Crippen LogP contribution in [0.5, 0.6) is 11.5 Å². The van der Waals surface area contributed by atoms with Crippen LogP contribution in [0.1, 0.15) is 19.4 Å². The lowest BCUT2D eigenvalue weighted by molar-refractivity contribution is -0.0288. The summed E-state index contributed by atoms with van der Waals surface area (Å²) in [6.07, 6.45) is 6.14. The third-order valence-electron chi connectivity index (χ3n) is 4.05. The van der Waals surface area contributed by atoms with E-state index in [4.69, 9.17) is 14.2 Å². The van der Waals surface area contributed by atoms with Crippen molar-refractivity contribution in [3.8, 4) is 11.5 Å². The van der Waals surface area contributed by atoms with Crippen LogP contribution in [-0.2, 0) is 10.3 Å². The van der Waals surface area contributed by atoms with E-state index in [0.717, 1.165) is 0 Å². The minimum atomic E-state index is -1.32. The van der Waals surface area contributed by atoms with Gasteiger partial charge >= 0.3 is 6.16 Å². The van der Waals surface area contributed by atoms with Crippen molar-refractivity contribution < 1.29 is 24.1 Å². The fourth-order valence-corrected chi connectivity index (χ4v) is 2.98. The van der Waals surface area contributed by atoms with Gasteiger partial charge in [0.2, 0.25) is 0 Å². The first-order valence-electron chi connectivity index (χ1n) is 7.44. The Hall–Kier alpha value is -2.43. The molecule has 0 aromatic heterocycles. The third kappa shape index (κ3) is 3.33. The number of ether oxygens (including phenoxy) is 3. The van der Waals surface area contributed by atoms with Gasteiger partial charge in [-0.15, -0.1) is 0 Å². The Labute approximate surface area is 136 Å². The van der Waals surface area contributed by atoms with Gasteiger partial charge in [0.25, 0.3) is 0 Å². The van der Waals surface area contributed by atoms with Gasteiger partial charge in [-0.1, -0.05) is 32.1 Å². The lowest BCUT2D eigenvalue weighted by Crippen LogP contribution is -2.40. The zero-order valence-corrected chi connectivity index (χ0v) is 13.8. The molecular formula is C18H22O5. The number of allylic oxidation sites excluding steroid dienone is 2. The first-order valence-corrected chi connectivity index (χ1v) is 7.44. The van der Waals surface area contributed by atoms with Crippen molar-refractivity contribution in [2.24, 2.45) is 11.8 Å². The molecule has 0 heterocycles. The Balaban J connectivity index is 2.65. The van der Waals surface area contributed by atoms with Crippen LogP contribution in [0.25, 0.3) is 0 Å². The summed E-state index contributed by atoms with van der Waals surface area (Å²) in [5, 5.41) is 9.30. The lowest BCUT2D eigenvalue weighted by atomic mass is 9.73. The van der Waals surface area contributed by atoms with E-state index in [1.807, 2.05) is 26.0 Å². The smallest absolute Gasteiger partial charge is 0.497 e. The van der Waals surface area contributed by atoms with E-state index in [0.29, 0.717) is 17.1 Å². The summed E-state index contributed by atoms with van der Waals surface area (Å²) in [5.74, 6) is 1.20. The van der Waals surface area contributed by atoms with Crippen LogP contribution in [0.15, 0.2) is 42.5 Å². The maximum Gasteiger partial charge on any atom is 0.507 e. The number of carbonyl (C=O) groups is 1.